The number of rotatable bonds is 4. The van der Waals surface area contributed by atoms with Crippen molar-refractivity contribution in [1.29, 1.82) is 0 Å². The number of fused-ring (bicyclic) bond motifs is 2. The van der Waals surface area contributed by atoms with Crippen molar-refractivity contribution in [2.45, 2.75) is 6.61 Å². The van der Waals surface area contributed by atoms with Gasteiger partial charge in [0.05, 0.1) is 15.8 Å². The van der Waals surface area contributed by atoms with Gasteiger partial charge >= 0.3 is 5.63 Å². The number of hydrogen-bond donors (Lipinski definition) is 0. The Balaban J connectivity index is 1.45. The molecule has 0 saturated heterocycles. The van der Waals surface area contributed by atoms with Crippen molar-refractivity contribution in [3.8, 4) is 16.3 Å². The molecule has 0 aliphatic carbocycles. The Labute approximate surface area is 173 Å². The average Bonchev–Trinajstić information content (AvgIpc) is 3.16. The van der Waals surface area contributed by atoms with Crippen LogP contribution in [0.3, 0.4) is 0 Å². The van der Waals surface area contributed by atoms with Gasteiger partial charge in [-0.25, -0.2) is 18.6 Å². The lowest BCUT2D eigenvalue weighted by molar-refractivity contribution is 0.299. The SMILES string of the molecule is O=c1oc2cc(OCc3ccc(F)cc3F)ccc2cc1-c1nc2ccccc2s1. The molecule has 0 N–H and O–H groups in total. The smallest absolute Gasteiger partial charge is 0.346 e. The zero-order valence-electron chi connectivity index (χ0n) is 15.4. The van der Waals surface area contributed by atoms with Crippen LogP contribution >= 0.6 is 11.3 Å². The van der Waals surface area contributed by atoms with Crippen LogP contribution in [0.25, 0.3) is 31.8 Å². The Bertz CT molecular complexity index is 1430. The Morgan fingerprint density at radius 1 is 1.00 bits per heavy atom. The summed E-state index contributed by atoms with van der Waals surface area (Å²) in [7, 11) is 0. The van der Waals surface area contributed by atoms with Crippen molar-refractivity contribution in [2.75, 3.05) is 0 Å². The second kappa shape index (κ2) is 7.35. The highest BCUT2D eigenvalue weighted by Crippen LogP contribution is 2.30. The molecule has 0 radical (unpaired) electrons. The number of para-hydroxylation sites is 1. The van der Waals surface area contributed by atoms with Gasteiger partial charge < -0.3 is 9.15 Å². The summed E-state index contributed by atoms with van der Waals surface area (Å²) in [5, 5.41) is 1.31. The highest BCUT2D eigenvalue weighted by molar-refractivity contribution is 7.21. The topological polar surface area (TPSA) is 52.3 Å². The minimum Gasteiger partial charge on any atom is -0.489 e. The number of halogens is 2. The van der Waals surface area contributed by atoms with E-state index in [1.165, 1.54) is 23.5 Å². The highest BCUT2D eigenvalue weighted by Gasteiger charge is 2.13. The maximum atomic E-state index is 13.8. The Hall–Kier alpha value is -3.58. The van der Waals surface area contributed by atoms with Gasteiger partial charge in [-0.3, -0.25) is 0 Å². The quantitative estimate of drug-likeness (QED) is 0.338. The lowest BCUT2D eigenvalue weighted by Crippen LogP contribution is -2.03. The van der Waals surface area contributed by atoms with Crippen LogP contribution < -0.4 is 10.4 Å². The van der Waals surface area contributed by atoms with E-state index < -0.39 is 17.3 Å². The van der Waals surface area contributed by atoms with Crippen LogP contribution in [0.15, 0.2) is 75.9 Å². The number of hydrogen-bond acceptors (Lipinski definition) is 5. The molecule has 2 heterocycles. The van der Waals surface area contributed by atoms with Gasteiger partial charge in [0.1, 0.15) is 34.6 Å². The van der Waals surface area contributed by atoms with Crippen LogP contribution in [-0.4, -0.2) is 4.98 Å². The molecule has 5 aromatic rings. The number of nitrogens with zero attached hydrogens (tertiary/aromatic N) is 1. The highest BCUT2D eigenvalue weighted by atomic mass is 32.1. The normalized spacial score (nSPS) is 11.3. The van der Waals surface area contributed by atoms with Gasteiger partial charge in [0.25, 0.3) is 0 Å². The molecule has 7 heteroatoms. The van der Waals surface area contributed by atoms with E-state index in [0.29, 0.717) is 27.3 Å². The van der Waals surface area contributed by atoms with Crippen LogP contribution in [-0.2, 0) is 6.61 Å². The molecule has 0 unspecified atom stereocenters. The van der Waals surface area contributed by atoms with Gasteiger partial charge in [0.15, 0.2) is 0 Å². The average molecular weight is 421 g/mol. The Morgan fingerprint density at radius 3 is 2.70 bits per heavy atom. The Morgan fingerprint density at radius 2 is 1.87 bits per heavy atom. The third-order valence-corrected chi connectivity index (χ3v) is 5.71. The van der Waals surface area contributed by atoms with Crippen LogP contribution in [0.1, 0.15) is 5.56 Å². The largest absolute Gasteiger partial charge is 0.489 e. The summed E-state index contributed by atoms with van der Waals surface area (Å²) in [6, 6.07) is 17.7. The van der Waals surface area contributed by atoms with E-state index in [0.717, 1.165) is 16.3 Å². The second-order valence-corrected chi connectivity index (χ2v) is 7.69. The number of ether oxygens (including phenoxy) is 1. The zero-order valence-corrected chi connectivity index (χ0v) is 16.2. The van der Waals surface area contributed by atoms with E-state index in [4.69, 9.17) is 9.15 Å². The maximum Gasteiger partial charge on any atom is 0.346 e. The Kier molecular flexibility index (Phi) is 4.52. The predicted octanol–water partition coefficient (Wildman–Crippen LogP) is 5.93. The van der Waals surface area contributed by atoms with Gasteiger partial charge in [0.2, 0.25) is 0 Å². The molecule has 0 spiro atoms. The van der Waals surface area contributed by atoms with Gasteiger partial charge in [-0.15, -0.1) is 11.3 Å². The minimum atomic E-state index is -0.678. The molecule has 0 fully saturated rings. The van der Waals surface area contributed by atoms with Crippen LogP contribution in [0.5, 0.6) is 5.75 Å². The van der Waals surface area contributed by atoms with Gasteiger partial charge in [-0.2, -0.15) is 0 Å². The molecule has 0 aliphatic heterocycles. The third-order valence-electron chi connectivity index (χ3n) is 4.64. The third kappa shape index (κ3) is 3.44. The van der Waals surface area contributed by atoms with Crippen molar-refractivity contribution < 1.29 is 17.9 Å². The van der Waals surface area contributed by atoms with E-state index in [1.54, 1.807) is 24.3 Å². The molecule has 0 saturated carbocycles. The predicted molar refractivity (Wildman–Crippen MR) is 112 cm³/mol. The first-order chi connectivity index (χ1) is 14.6. The van der Waals surface area contributed by atoms with Crippen molar-refractivity contribution >= 4 is 32.5 Å². The molecule has 0 amide bonds. The summed E-state index contributed by atoms with van der Waals surface area (Å²) < 4.78 is 38.8. The van der Waals surface area contributed by atoms with Gasteiger partial charge in [-0.1, -0.05) is 12.1 Å². The van der Waals surface area contributed by atoms with Crippen molar-refractivity contribution in [3.05, 3.63) is 94.3 Å². The minimum absolute atomic E-state index is 0.0777. The van der Waals surface area contributed by atoms with E-state index in [-0.39, 0.29) is 12.2 Å². The summed E-state index contributed by atoms with van der Waals surface area (Å²) in [4.78, 5) is 17.1. The maximum absolute atomic E-state index is 13.8. The number of aromatic nitrogens is 1. The molecule has 4 nitrogen and oxygen atoms in total. The zero-order chi connectivity index (χ0) is 20.7. The van der Waals surface area contributed by atoms with Gasteiger partial charge in [0, 0.05) is 23.1 Å². The molecule has 30 heavy (non-hydrogen) atoms. The van der Waals surface area contributed by atoms with E-state index in [1.807, 2.05) is 24.3 Å². The molecule has 0 aliphatic rings. The van der Waals surface area contributed by atoms with Gasteiger partial charge in [-0.05, 0) is 42.5 Å². The fourth-order valence-electron chi connectivity index (χ4n) is 3.12. The van der Waals surface area contributed by atoms with Crippen LogP contribution in [0.2, 0.25) is 0 Å². The summed E-state index contributed by atoms with van der Waals surface area (Å²) in [6.45, 7) is -0.0777. The van der Waals surface area contributed by atoms with Crippen molar-refractivity contribution in [1.82, 2.24) is 4.98 Å². The molecule has 2 aromatic heterocycles. The summed E-state index contributed by atoms with van der Waals surface area (Å²) in [5.74, 6) is -0.919. The van der Waals surface area contributed by atoms with Crippen LogP contribution in [0.4, 0.5) is 8.78 Å². The number of benzene rings is 3. The van der Waals surface area contributed by atoms with Crippen LogP contribution in [0, 0.1) is 11.6 Å². The standard InChI is InChI=1S/C23H13F2NO3S/c24-15-7-5-14(18(25)10-15)12-28-16-8-6-13-9-17(23(27)29-20(13)11-16)22-26-19-3-1-2-4-21(19)30-22/h1-11H,12H2. The monoisotopic (exact) mass is 421 g/mol. The molecular weight excluding hydrogens is 408 g/mol. The lowest BCUT2D eigenvalue weighted by atomic mass is 10.2. The summed E-state index contributed by atoms with van der Waals surface area (Å²) in [5.41, 5.74) is 1.30. The van der Waals surface area contributed by atoms with E-state index >= 15 is 0 Å². The molecule has 5 rings (SSSR count). The van der Waals surface area contributed by atoms with E-state index in [2.05, 4.69) is 4.98 Å². The second-order valence-electron chi connectivity index (χ2n) is 6.66. The first-order valence-corrected chi connectivity index (χ1v) is 9.89. The number of thiazole rings is 1. The summed E-state index contributed by atoms with van der Waals surface area (Å²) in [6.07, 6.45) is 0. The lowest BCUT2D eigenvalue weighted by Gasteiger charge is -2.08. The van der Waals surface area contributed by atoms with Crippen molar-refractivity contribution in [2.24, 2.45) is 0 Å². The molecule has 148 valence electrons. The summed E-state index contributed by atoms with van der Waals surface area (Å²) >= 11 is 1.43. The van der Waals surface area contributed by atoms with Crippen molar-refractivity contribution in [3.63, 3.8) is 0 Å². The molecule has 0 bridgehead atoms. The first kappa shape index (κ1) is 18.4. The fourth-order valence-corrected chi connectivity index (χ4v) is 4.09. The fraction of sp³-hybridized carbons (Fsp3) is 0.0435. The molecule has 3 aromatic carbocycles. The van der Waals surface area contributed by atoms with E-state index in [9.17, 15) is 13.6 Å². The molecular formula is C23H13F2NO3S. The first-order valence-electron chi connectivity index (χ1n) is 9.07. The molecule has 0 atom stereocenters.